The molecule has 2 aromatic carbocycles. The van der Waals surface area contributed by atoms with Gasteiger partial charge in [0.1, 0.15) is 0 Å². The van der Waals surface area contributed by atoms with Gasteiger partial charge < -0.3 is 10.6 Å². The van der Waals surface area contributed by atoms with Crippen LogP contribution in [0.25, 0.3) is 10.2 Å². The Kier molecular flexibility index (Phi) is 5.11. The summed E-state index contributed by atoms with van der Waals surface area (Å²) in [5.41, 5.74) is 4.37. The summed E-state index contributed by atoms with van der Waals surface area (Å²) in [4.78, 5) is 16.6. The van der Waals surface area contributed by atoms with Crippen molar-refractivity contribution in [3.8, 4) is 0 Å². The second-order valence-corrected chi connectivity index (χ2v) is 6.91. The van der Waals surface area contributed by atoms with Crippen LogP contribution in [0.15, 0.2) is 42.5 Å². The minimum atomic E-state index is -0.00114. The van der Waals surface area contributed by atoms with Crippen LogP contribution in [-0.4, -0.2) is 24.0 Å². The number of nitrogens with one attached hydrogen (secondary N) is 2. The van der Waals surface area contributed by atoms with Crippen LogP contribution in [0, 0.1) is 13.8 Å². The van der Waals surface area contributed by atoms with E-state index in [1.807, 2.05) is 50.2 Å². The zero-order valence-corrected chi connectivity index (χ0v) is 14.7. The lowest BCUT2D eigenvalue weighted by molar-refractivity contribution is -0.119. The molecule has 5 heteroatoms. The van der Waals surface area contributed by atoms with Gasteiger partial charge in [-0.25, -0.2) is 4.98 Å². The van der Waals surface area contributed by atoms with E-state index in [-0.39, 0.29) is 12.5 Å². The standard InChI is InChI=1S/C19H21N3OS/c1-13-6-5-7-14(2)19(13)21-12-17(23)20-11-10-18-22-15-8-3-4-9-16(15)24-18/h3-9,21H,10-12H2,1-2H3,(H,20,23). The van der Waals surface area contributed by atoms with Crippen molar-refractivity contribution in [2.45, 2.75) is 20.3 Å². The smallest absolute Gasteiger partial charge is 0.239 e. The summed E-state index contributed by atoms with van der Waals surface area (Å²) < 4.78 is 1.19. The number of hydrogen-bond donors (Lipinski definition) is 2. The fraction of sp³-hybridized carbons (Fsp3) is 0.263. The summed E-state index contributed by atoms with van der Waals surface area (Å²) in [6, 6.07) is 14.2. The van der Waals surface area contributed by atoms with Crippen molar-refractivity contribution in [2.75, 3.05) is 18.4 Å². The second kappa shape index (κ2) is 7.45. The molecule has 0 radical (unpaired) electrons. The Labute approximate surface area is 145 Å². The molecule has 1 amide bonds. The van der Waals surface area contributed by atoms with E-state index < -0.39 is 0 Å². The van der Waals surface area contributed by atoms with Crippen LogP contribution in [0.5, 0.6) is 0 Å². The monoisotopic (exact) mass is 339 g/mol. The number of thiazole rings is 1. The molecule has 1 heterocycles. The summed E-state index contributed by atoms with van der Waals surface area (Å²) in [5, 5.41) is 7.23. The molecule has 0 unspecified atom stereocenters. The molecule has 3 rings (SSSR count). The van der Waals surface area contributed by atoms with Gasteiger partial charge in [0.25, 0.3) is 0 Å². The lowest BCUT2D eigenvalue weighted by Gasteiger charge is -2.12. The SMILES string of the molecule is Cc1cccc(C)c1NCC(=O)NCCc1nc2ccccc2s1. The second-order valence-electron chi connectivity index (χ2n) is 5.80. The van der Waals surface area contributed by atoms with Gasteiger partial charge in [-0.1, -0.05) is 30.3 Å². The summed E-state index contributed by atoms with van der Waals surface area (Å²) in [7, 11) is 0. The Hall–Kier alpha value is -2.40. The highest BCUT2D eigenvalue weighted by atomic mass is 32.1. The molecule has 0 aliphatic carbocycles. The number of aryl methyl sites for hydroxylation is 2. The number of amides is 1. The highest BCUT2D eigenvalue weighted by Gasteiger charge is 2.06. The molecule has 0 spiro atoms. The minimum Gasteiger partial charge on any atom is -0.376 e. The number of hydrogen-bond acceptors (Lipinski definition) is 4. The van der Waals surface area contributed by atoms with Gasteiger partial charge in [0, 0.05) is 18.7 Å². The molecule has 0 saturated carbocycles. The third-order valence-electron chi connectivity index (χ3n) is 3.91. The van der Waals surface area contributed by atoms with Crippen molar-refractivity contribution in [2.24, 2.45) is 0 Å². The number of benzene rings is 2. The predicted octanol–water partition coefficient (Wildman–Crippen LogP) is 3.68. The number of carbonyl (C=O) groups is 1. The van der Waals surface area contributed by atoms with Gasteiger partial charge in [0.15, 0.2) is 0 Å². The van der Waals surface area contributed by atoms with Gasteiger partial charge in [-0.15, -0.1) is 11.3 Å². The van der Waals surface area contributed by atoms with Crippen molar-refractivity contribution in [1.29, 1.82) is 0 Å². The zero-order valence-electron chi connectivity index (χ0n) is 13.9. The molecule has 124 valence electrons. The topological polar surface area (TPSA) is 54.0 Å². The number of para-hydroxylation sites is 2. The Morgan fingerprint density at radius 1 is 1.08 bits per heavy atom. The lowest BCUT2D eigenvalue weighted by atomic mass is 10.1. The molecule has 0 atom stereocenters. The summed E-state index contributed by atoms with van der Waals surface area (Å²) in [6.07, 6.45) is 0.758. The van der Waals surface area contributed by atoms with Crippen LogP contribution in [0.2, 0.25) is 0 Å². The minimum absolute atomic E-state index is 0.00114. The fourth-order valence-electron chi connectivity index (χ4n) is 2.66. The Morgan fingerprint density at radius 3 is 2.58 bits per heavy atom. The molecule has 4 nitrogen and oxygen atoms in total. The van der Waals surface area contributed by atoms with Crippen molar-refractivity contribution < 1.29 is 4.79 Å². The fourth-order valence-corrected chi connectivity index (χ4v) is 3.63. The molecule has 1 aromatic heterocycles. The summed E-state index contributed by atoms with van der Waals surface area (Å²) in [6.45, 7) is 4.97. The van der Waals surface area contributed by atoms with Gasteiger partial charge in [0.05, 0.1) is 21.8 Å². The molecule has 3 aromatic rings. The normalized spacial score (nSPS) is 10.8. The van der Waals surface area contributed by atoms with Gasteiger partial charge in [0.2, 0.25) is 5.91 Å². The third kappa shape index (κ3) is 3.92. The Balaban J connectivity index is 1.47. The van der Waals surface area contributed by atoms with Crippen molar-refractivity contribution in [3.05, 3.63) is 58.6 Å². The van der Waals surface area contributed by atoms with Gasteiger partial charge in [-0.3, -0.25) is 4.79 Å². The number of carbonyl (C=O) groups excluding carboxylic acids is 1. The van der Waals surface area contributed by atoms with Gasteiger partial charge in [-0.05, 0) is 37.1 Å². The maximum Gasteiger partial charge on any atom is 0.239 e. The van der Waals surface area contributed by atoms with Gasteiger partial charge >= 0.3 is 0 Å². The van der Waals surface area contributed by atoms with E-state index in [1.54, 1.807) is 11.3 Å². The molecule has 0 fully saturated rings. The van der Waals surface area contributed by atoms with E-state index in [9.17, 15) is 4.79 Å². The third-order valence-corrected chi connectivity index (χ3v) is 5.00. The summed E-state index contributed by atoms with van der Waals surface area (Å²) >= 11 is 1.69. The number of rotatable bonds is 6. The van der Waals surface area contributed by atoms with Crippen LogP contribution in [-0.2, 0) is 11.2 Å². The number of anilines is 1. The van der Waals surface area contributed by atoms with E-state index in [2.05, 4.69) is 21.7 Å². The van der Waals surface area contributed by atoms with Crippen LogP contribution >= 0.6 is 11.3 Å². The quantitative estimate of drug-likeness (QED) is 0.720. The zero-order chi connectivity index (χ0) is 16.9. The maximum atomic E-state index is 12.0. The Bertz CT molecular complexity index is 803. The maximum absolute atomic E-state index is 12.0. The van der Waals surface area contributed by atoms with Crippen molar-refractivity contribution in [1.82, 2.24) is 10.3 Å². The van der Waals surface area contributed by atoms with Crippen molar-refractivity contribution >= 4 is 33.1 Å². The molecule has 0 saturated heterocycles. The lowest BCUT2D eigenvalue weighted by Crippen LogP contribution is -2.31. The van der Waals surface area contributed by atoms with Crippen molar-refractivity contribution in [3.63, 3.8) is 0 Å². The first-order chi connectivity index (χ1) is 11.6. The van der Waals surface area contributed by atoms with Crippen LogP contribution in [0.1, 0.15) is 16.1 Å². The van der Waals surface area contributed by atoms with Crippen LogP contribution in [0.4, 0.5) is 5.69 Å². The van der Waals surface area contributed by atoms with E-state index in [4.69, 9.17) is 0 Å². The van der Waals surface area contributed by atoms with E-state index >= 15 is 0 Å². The average Bonchev–Trinajstić information content (AvgIpc) is 2.97. The highest BCUT2D eigenvalue weighted by molar-refractivity contribution is 7.18. The van der Waals surface area contributed by atoms with Crippen LogP contribution < -0.4 is 10.6 Å². The molecular weight excluding hydrogens is 318 g/mol. The predicted molar refractivity (Wildman–Crippen MR) is 101 cm³/mol. The van der Waals surface area contributed by atoms with Crippen LogP contribution in [0.3, 0.4) is 0 Å². The number of aromatic nitrogens is 1. The number of nitrogens with zero attached hydrogens (tertiary/aromatic N) is 1. The first-order valence-corrected chi connectivity index (χ1v) is 8.86. The first kappa shape index (κ1) is 16.5. The molecule has 2 N–H and O–H groups in total. The van der Waals surface area contributed by atoms with E-state index in [0.717, 1.165) is 33.8 Å². The molecule has 24 heavy (non-hydrogen) atoms. The van der Waals surface area contributed by atoms with Gasteiger partial charge in [-0.2, -0.15) is 0 Å². The highest BCUT2D eigenvalue weighted by Crippen LogP contribution is 2.21. The number of fused-ring (bicyclic) bond motifs is 1. The molecule has 0 bridgehead atoms. The molecule has 0 aliphatic heterocycles. The van der Waals surface area contributed by atoms with E-state index in [0.29, 0.717) is 6.54 Å². The average molecular weight is 339 g/mol. The summed E-state index contributed by atoms with van der Waals surface area (Å²) in [5.74, 6) is -0.00114. The first-order valence-electron chi connectivity index (χ1n) is 8.05. The molecule has 0 aliphatic rings. The van der Waals surface area contributed by atoms with E-state index in [1.165, 1.54) is 4.70 Å². The Morgan fingerprint density at radius 2 is 1.83 bits per heavy atom. The largest absolute Gasteiger partial charge is 0.376 e. The molecular formula is C19H21N3OS.